The quantitative estimate of drug-likeness (QED) is 0.715. The third-order valence-corrected chi connectivity index (χ3v) is 5.12. The van der Waals surface area contributed by atoms with Gasteiger partial charge in [-0.1, -0.05) is 36.4 Å². The topological polar surface area (TPSA) is 37.3 Å². The maximum absolute atomic E-state index is 13.8. The zero-order valence-electron chi connectivity index (χ0n) is 15.2. The van der Waals surface area contributed by atoms with Crippen LogP contribution in [-0.2, 0) is 13.0 Å². The Balaban J connectivity index is 1.59. The van der Waals surface area contributed by atoms with Gasteiger partial charge in [0.25, 0.3) is 0 Å². The summed E-state index contributed by atoms with van der Waals surface area (Å²) in [5.41, 5.74) is 3.33. The van der Waals surface area contributed by atoms with Crippen LogP contribution in [0.25, 0.3) is 0 Å². The van der Waals surface area contributed by atoms with E-state index in [1.165, 1.54) is 11.6 Å². The maximum Gasteiger partial charge on any atom is 0.322 e. The van der Waals surface area contributed by atoms with E-state index in [9.17, 15) is 9.18 Å². The molecule has 2 aromatic carbocycles. The third-order valence-electron chi connectivity index (χ3n) is 5.12. The average Bonchev–Trinajstić information content (AvgIpc) is 3.15. The molecule has 0 spiro atoms. The fourth-order valence-electron chi connectivity index (χ4n) is 3.63. The highest BCUT2D eigenvalue weighted by atomic mass is 19.1. The molecule has 0 bridgehead atoms. The van der Waals surface area contributed by atoms with Crippen molar-refractivity contribution < 1.29 is 9.18 Å². The van der Waals surface area contributed by atoms with Gasteiger partial charge in [0.05, 0.1) is 6.04 Å². The van der Waals surface area contributed by atoms with Gasteiger partial charge in [0.15, 0.2) is 0 Å². The molecule has 0 saturated heterocycles. The van der Waals surface area contributed by atoms with Crippen LogP contribution in [0.4, 0.5) is 14.9 Å². The maximum atomic E-state index is 13.8. The van der Waals surface area contributed by atoms with Crippen molar-refractivity contribution in [1.82, 2.24) is 9.47 Å². The molecule has 27 heavy (non-hydrogen) atoms. The molecule has 0 radical (unpaired) electrons. The van der Waals surface area contributed by atoms with Crippen LogP contribution in [0.5, 0.6) is 0 Å². The fourth-order valence-corrected chi connectivity index (χ4v) is 3.63. The van der Waals surface area contributed by atoms with E-state index in [4.69, 9.17) is 0 Å². The molecule has 1 atom stereocenters. The van der Waals surface area contributed by atoms with Gasteiger partial charge < -0.3 is 14.8 Å². The summed E-state index contributed by atoms with van der Waals surface area (Å²) in [4.78, 5) is 14.8. The van der Waals surface area contributed by atoms with Crippen molar-refractivity contribution in [1.29, 1.82) is 0 Å². The van der Waals surface area contributed by atoms with Gasteiger partial charge in [-0.3, -0.25) is 0 Å². The number of nitrogens with zero attached hydrogens (tertiary/aromatic N) is 2. The highest BCUT2D eigenvalue weighted by Crippen LogP contribution is 2.30. The fraction of sp³-hybridized carbons (Fsp3) is 0.227. The molecule has 138 valence electrons. The first kappa shape index (κ1) is 17.3. The normalized spacial score (nSPS) is 16.1. The van der Waals surface area contributed by atoms with E-state index < -0.39 is 0 Å². The van der Waals surface area contributed by atoms with Crippen molar-refractivity contribution in [2.45, 2.75) is 25.9 Å². The summed E-state index contributed by atoms with van der Waals surface area (Å²) in [6.45, 7) is 3.07. The van der Waals surface area contributed by atoms with Gasteiger partial charge in [-0.05, 0) is 48.7 Å². The number of urea groups is 1. The molecule has 5 heteroatoms. The van der Waals surface area contributed by atoms with Gasteiger partial charge in [0.2, 0.25) is 0 Å². The molecule has 2 amide bonds. The molecule has 2 heterocycles. The lowest BCUT2D eigenvalue weighted by atomic mass is 10.0. The Labute approximate surface area is 158 Å². The lowest BCUT2D eigenvalue weighted by Gasteiger charge is -2.37. The number of rotatable bonds is 3. The van der Waals surface area contributed by atoms with E-state index in [0.29, 0.717) is 17.8 Å². The lowest BCUT2D eigenvalue weighted by molar-refractivity contribution is 0.167. The van der Waals surface area contributed by atoms with Crippen LogP contribution in [0.15, 0.2) is 66.9 Å². The predicted molar refractivity (Wildman–Crippen MR) is 104 cm³/mol. The number of aryl methyl sites for hydroxylation is 1. The molecular formula is C22H22FN3O. The van der Waals surface area contributed by atoms with Crippen LogP contribution in [0.2, 0.25) is 0 Å². The largest absolute Gasteiger partial charge is 0.348 e. The van der Waals surface area contributed by atoms with Crippen molar-refractivity contribution in [3.8, 4) is 0 Å². The Morgan fingerprint density at radius 3 is 2.70 bits per heavy atom. The Hall–Kier alpha value is -3.08. The van der Waals surface area contributed by atoms with E-state index in [2.05, 4.69) is 34.3 Å². The monoisotopic (exact) mass is 363 g/mol. The van der Waals surface area contributed by atoms with E-state index in [0.717, 1.165) is 18.7 Å². The minimum Gasteiger partial charge on any atom is -0.348 e. The molecule has 0 unspecified atom stereocenters. The Morgan fingerprint density at radius 2 is 1.93 bits per heavy atom. The summed E-state index contributed by atoms with van der Waals surface area (Å²) >= 11 is 0. The number of carbonyl (C=O) groups excluding carboxylic acids is 1. The molecule has 3 aromatic rings. The number of fused-ring (bicyclic) bond motifs is 1. The van der Waals surface area contributed by atoms with Crippen LogP contribution in [0.3, 0.4) is 0 Å². The van der Waals surface area contributed by atoms with Gasteiger partial charge in [-0.15, -0.1) is 0 Å². The summed E-state index contributed by atoms with van der Waals surface area (Å²) in [5.74, 6) is -0.318. The number of aromatic nitrogens is 1. The highest BCUT2D eigenvalue weighted by Gasteiger charge is 2.31. The molecule has 4 nitrogen and oxygen atoms in total. The first-order valence-electron chi connectivity index (χ1n) is 9.14. The summed E-state index contributed by atoms with van der Waals surface area (Å²) in [5, 5.41) is 2.86. The first-order chi connectivity index (χ1) is 13.1. The van der Waals surface area contributed by atoms with Gasteiger partial charge in [0, 0.05) is 30.7 Å². The smallest absolute Gasteiger partial charge is 0.322 e. The molecule has 1 aliphatic rings. The summed E-state index contributed by atoms with van der Waals surface area (Å²) in [6, 6.07) is 18.8. The number of amides is 2. The predicted octanol–water partition coefficient (Wildman–Crippen LogP) is 4.77. The van der Waals surface area contributed by atoms with Crippen molar-refractivity contribution >= 4 is 11.7 Å². The Morgan fingerprint density at radius 1 is 1.11 bits per heavy atom. The number of anilines is 1. The second-order valence-electron chi connectivity index (χ2n) is 6.92. The minimum atomic E-state index is -0.318. The molecule has 0 fully saturated rings. The molecule has 1 aromatic heterocycles. The third kappa shape index (κ3) is 3.58. The van der Waals surface area contributed by atoms with Gasteiger partial charge in [-0.2, -0.15) is 0 Å². The van der Waals surface area contributed by atoms with Crippen molar-refractivity contribution in [3.63, 3.8) is 0 Å². The van der Waals surface area contributed by atoms with E-state index >= 15 is 0 Å². The zero-order chi connectivity index (χ0) is 18.8. The summed E-state index contributed by atoms with van der Waals surface area (Å²) in [7, 11) is 0. The lowest BCUT2D eigenvalue weighted by Crippen LogP contribution is -2.44. The number of benzene rings is 2. The highest BCUT2D eigenvalue weighted by molar-refractivity contribution is 5.89. The molecule has 1 N–H and O–H groups in total. The number of halogens is 1. The van der Waals surface area contributed by atoms with Gasteiger partial charge in [0.1, 0.15) is 5.82 Å². The Bertz CT molecular complexity index is 951. The number of hydrogen-bond donors (Lipinski definition) is 1. The van der Waals surface area contributed by atoms with E-state index in [1.54, 1.807) is 19.1 Å². The van der Waals surface area contributed by atoms with E-state index in [-0.39, 0.29) is 17.9 Å². The SMILES string of the molecule is Cc1ccc(NC(=O)N2CCn3cccc3[C@H]2Cc2ccccc2)cc1F. The standard InChI is InChI=1S/C22H22FN3O/c1-16-9-10-18(15-19(16)23)24-22(27)26-13-12-25-11-5-8-20(25)21(26)14-17-6-3-2-4-7-17/h2-11,15,21H,12-14H2,1H3,(H,24,27)/t21-/m1/s1. The van der Waals surface area contributed by atoms with Crippen LogP contribution in [0, 0.1) is 12.7 Å². The van der Waals surface area contributed by atoms with Gasteiger partial charge >= 0.3 is 6.03 Å². The van der Waals surface area contributed by atoms with Gasteiger partial charge in [-0.25, -0.2) is 9.18 Å². The molecule has 1 aliphatic heterocycles. The second kappa shape index (κ2) is 7.27. The second-order valence-corrected chi connectivity index (χ2v) is 6.92. The molecular weight excluding hydrogens is 341 g/mol. The van der Waals surface area contributed by atoms with Crippen LogP contribution in [-0.4, -0.2) is 22.0 Å². The number of nitrogens with one attached hydrogen (secondary N) is 1. The molecule has 4 rings (SSSR count). The van der Waals surface area contributed by atoms with Crippen molar-refractivity contribution in [2.24, 2.45) is 0 Å². The van der Waals surface area contributed by atoms with Crippen LogP contribution in [0.1, 0.15) is 22.9 Å². The van der Waals surface area contributed by atoms with E-state index in [1.807, 2.05) is 29.2 Å². The summed E-state index contributed by atoms with van der Waals surface area (Å²) in [6.07, 6.45) is 2.79. The number of hydrogen-bond acceptors (Lipinski definition) is 1. The van der Waals surface area contributed by atoms with Crippen LogP contribution < -0.4 is 5.32 Å². The van der Waals surface area contributed by atoms with Crippen LogP contribution >= 0.6 is 0 Å². The first-order valence-corrected chi connectivity index (χ1v) is 9.14. The average molecular weight is 363 g/mol. The van der Waals surface area contributed by atoms with Crippen molar-refractivity contribution in [3.05, 3.63) is 89.5 Å². The minimum absolute atomic E-state index is 0.0635. The molecule has 0 saturated carbocycles. The molecule has 0 aliphatic carbocycles. The summed E-state index contributed by atoms with van der Waals surface area (Å²) < 4.78 is 16.0. The van der Waals surface area contributed by atoms with Crippen molar-refractivity contribution in [2.75, 3.05) is 11.9 Å². The Kier molecular flexibility index (Phi) is 4.67. The zero-order valence-corrected chi connectivity index (χ0v) is 15.2. The number of carbonyl (C=O) groups is 1.